The number of nitrogens with one attached hydrogen (secondary N) is 1. The number of ether oxygens (including phenoxy) is 1. The predicted molar refractivity (Wildman–Crippen MR) is 96.5 cm³/mol. The Kier molecular flexibility index (Phi) is 5.58. The van der Waals surface area contributed by atoms with Gasteiger partial charge in [0.05, 0.1) is 12.8 Å². The van der Waals surface area contributed by atoms with Gasteiger partial charge in [0.2, 0.25) is 0 Å². The van der Waals surface area contributed by atoms with Crippen LogP contribution in [0.25, 0.3) is 10.6 Å². The first-order valence-corrected chi connectivity index (χ1v) is 8.77. The van der Waals surface area contributed by atoms with Gasteiger partial charge in [0.15, 0.2) is 11.6 Å². The molecular formula is C19H16F2N2O2S. The minimum absolute atomic E-state index is 0.0826. The van der Waals surface area contributed by atoms with Gasteiger partial charge in [-0.15, -0.1) is 11.3 Å². The van der Waals surface area contributed by atoms with E-state index in [0.29, 0.717) is 13.0 Å². The highest BCUT2D eigenvalue weighted by atomic mass is 32.1. The van der Waals surface area contributed by atoms with Crippen LogP contribution in [0.1, 0.15) is 16.1 Å². The van der Waals surface area contributed by atoms with Crippen molar-refractivity contribution in [1.82, 2.24) is 10.3 Å². The molecule has 0 aliphatic carbocycles. The van der Waals surface area contributed by atoms with Crippen LogP contribution in [0.15, 0.2) is 47.8 Å². The second kappa shape index (κ2) is 8.05. The number of methoxy groups -OCH3 is 1. The van der Waals surface area contributed by atoms with E-state index >= 15 is 0 Å². The summed E-state index contributed by atoms with van der Waals surface area (Å²) in [5.74, 6) is -1.71. The molecule has 2 aromatic carbocycles. The van der Waals surface area contributed by atoms with Gasteiger partial charge in [0.1, 0.15) is 10.8 Å². The molecule has 0 bridgehead atoms. The SMILES string of the molecule is COc1cccc(-c2nc(CCNC(=O)c3ccc(F)c(F)c3)cs2)c1. The van der Waals surface area contributed by atoms with Gasteiger partial charge in [-0.25, -0.2) is 13.8 Å². The van der Waals surface area contributed by atoms with Gasteiger partial charge in [-0.2, -0.15) is 0 Å². The Morgan fingerprint density at radius 1 is 1.19 bits per heavy atom. The van der Waals surface area contributed by atoms with Crippen molar-refractivity contribution in [2.24, 2.45) is 0 Å². The maximum absolute atomic E-state index is 13.2. The smallest absolute Gasteiger partial charge is 0.251 e. The van der Waals surface area contributed by atoms with Crippen molar-refractivity contribution in [3.05, 3.63) is 70.7 Å². The fraction of sp³-hybridized carbons (Fsp3) is 0.158. The monoisotopic (exact) mass is 374 g/mol. The highest BCUT2D eigenvalue weighted by Gasteiger charge is 2.10. The van der Waals surface area contributed by atoms with Gasteiger partial charge in [-0.3, -0.25) is 4.79 Å². The molecule has 3 aromatic rings. The number of nitrogens with zero attached hydrogens (tertiary/aromatic N) is 1. The molecule has 26 heavy (non-hydrogen) atoms. The largest absolute Gasteiger partial charge is 0.497 e. The van der Waals surface area contributed by atoms with Crippen molar-refractivity contribution in [2.75, 3.05) is 13.7 Å². The van der Waals surface area contributed by atoms with Crippen LogP contribution in [0.5, 0.6) is 5.75 Å². The van der Waals surface area contributed by atoms with E-state index in [0.717, 1.165) is 34.1 Å². The predicted octanol–water partition coefficient (Wildman–Crippen LogP) is 4.07. The van der Waals surface area contributed by atoms with Crippen molar-refractivity contribution < 1.29 is 18.3 Å². The van der Waals surface area contributed by atoms with Crippen LogP contribution in [0, 0.1) is 11.6 Å². The maximum Gasteiger partial charge on any atom is 0.251 e. The number of halogens is 2. The molecule has 0 unspecified atom stereocenters. The molecule has 0 atom stereocenters. The van der Waals surface area contributed by atoms with Crippen molar-refractivity contribution in [1.29, 1.82) is 0 Å². The van der Waals surface area contributed by atoms with E-state index in [1.54, 1.807) is 7.11 Å². The minimum Gasteiger partial charge on any atom is -0.497 e. The lowest BCUT2D eigenvalue weighted by atomic mass is 10.2. The molecule has 1 amide bonds. The molecule has 1 heterocycles. The molecule has 0 spiro atoms. The standard InChI is InChI=1S/C19H16F2N2O2S/c1-25-15-4-2-3-13(9-15)19-23-14(11-26-19)7-8-22-18(24)12-5-6-16(20)17(21)10-12/h2-6,9-11H,7-8H2,1H3,(H,22,24). The Morgan fingerprint density at radius 3 is 2.81 bits per heavy atom. The highest BCUT2D eigenvalue weighted by molar-refractivity contribution is 7.13. The Bertz CT molecular complexity index is 927. The van der Waals surface area contributed by atoms with Crippen molar-refractivity contribution >= 4 is 17.2 Å². The quantitative estimate of drug-likeness (QED) is 0.708. The van der Waals surface area contributed by atoms with Crippen LogP contribution in [0.2, 0.25) is 0 Å². The van der Waals surface area contributed by atoms with Gasteiger partial charge in [-0.1, -0.05) is 12.1 Å². The van der Waals surface area contributed by atoms with E-state index in [4.69, 9.17) is 4.74 Å². The average molecular weight is 374 g/mol. The molecule has 0 aliphatic rings. The Hall–Kier alpha value is -2.80. The summed E-state index contributed by atoms with van der Waals surface area (Å²) in [6.07, 6.45) is 0.538. The molecule has 0 radical (unpaired) electrons. The lowest BCUT2D eigenvalue weighted by Gasteiger charge is -2.04. The van der Waals surface area contributed by atoms with Crippen molar-refractivity contribution in [3.63, 3.8) is 0 Å². The zero-order valence-corrected chi connectivity index (χ0v) is 14.8. The van der Waals surface area contributed by atoms with Crippen molar-refractivity contribution in [3.8, 4) is 16.3 Å². The Labute approximate surface area is 153 Å². The lowest BCUT2D eigenvalue weighted by molar-refractivity contribution is 0.0953. The first-order chi connectivity index (χ1) is 12.6. The van der Waals surface area contributed by atoms with Crippen LogP contribution in [0.3, 0.4) is 0 Å². The van der Waals surface area contributed by atoms with E-state index < -0.39 is 17.5 Å². The van der Waals surface area contributed by atoms with Gasteiger partial charge in [0.25, 0.3) is 5.91 Å². The summed E-state index contributed by atoms with van der Waals surface area (Å²) in [6, 6.07) is 10.7. The molecule has 7 heteroatoms. The topological polar surface area (TPSA) is 51.2 Å². The molecule has 134 valence electrons. The number of aromatic nitrogens is 1. The number of rotatable bonds is 6. The average Bonchev–Trinajstić information content (AvgIpc) is 3.13. The molecule has 4 nitrogen and oxygen atoms in total. The highest BCUT2D eigenvalue weighted by Crippen LogP contribution is 2.26. The number of amides is 1. The summed E-state index contributed by atoms with van der Waals surface area (Å²) in [6.45, 7) is 0.346. The molecular weight excluding hydrogens is 358 g/mol. The fourth-order valence-electron chi connectivity index (χ4n) is 2.35. The van der Waals surface area contributed by atoms with Gasteiger partial charge in [0, 0.05) is 29.5 Å². The number of hydrogen-bond donors (Lipinski definition) is 1. The second-order valence-electron chi connectivity index (χ2n) is 5.51. The van der Waals surface area contributed by atoms with Crippen LogP contribution in [-0.4, -0.2) is 24.5 Å². The zero-order valence-electron chi connectivity index (χ0n) is 14.0. The van der Waals surface area contributed by atoms with Gasteiger partial charge < -0.3 is 10.1 Å². The molecule has 3 rings (SSSR count). The maximum atomic E-state index is 13.2. The fourth-order valence-corrected chi connectivity index (χ4v) is 3.21. The van der Waals surface area contributed by atoms with Crippen molar-refractivity contribution in [2.45, 2.75) is 6.42 Å². The van der Waals surface area contributed by atoms with E-state index in [-0.39, 0.29) is 5.56 Å². The van der Waals surface area contributed by atoms with Crippen LogP contribution < -0.4 is 10.1 Å². The molecule has 0 saturated heterocycles. The Morgan fingerprint density at radius 2 is 2.04 bits per heavy atom. The summed E-state index contributed by atoms with van der Waals surface area (Å²) in [4.78, 5) is 16.5. The molecule has 0 fully saturated rings. The number of benzene rings is 2. The van der Waals surface area contributed by atoms with Crippen LogP contribution in [-0.2, 0) is 6.42 Å². The summed E-state index contributed by atoms with van der Waals surface area (Å²) in [5.41, 5.74) is 1.89. The van der Waals surface area contributed by atoms with E-state index in [2.05, 4.69) is 10.3 Å². The third-order valence-electron chi connectivity index (χ3n) is 3.72. The minimum atomic E-state index is -1.04. The number of thiazole rings is 1. The van der Waals surface area contributed by atoms with E-state index in [1.807, 2.05) is 29.6 Å². The third-order valence-corrected chi connectivity index (χ3v) is 4.66. The van der Waals surface area contributed by atoms with Gasteiger partial charge >= 0.3 is 0 Å². The second-order valence-corrected chi connectivity index (χ2v) is 6.37. The van der Waals surface area contributed by atoms with E-state index in [1.165, 1.54) is 17.4 Å². The number of hydrogen-bond acceptors (Lipinski definition) is 4. The Balaban J connectivity index is 1.58. The normalized spacial score (nSPS) is 10.6. The first kappa shape index (κ1) is 18.0. The van der Waals surface area contributed by atoms with E-state index in [9.17, 15) is 13.6 Å². The van der Waals surface area contributed by atoms with Gasteiger partial charge in [-0.05, 0) is 30.3 Å². The summed E-state index contributed by atoms with van der Waals surface area (Å²) < 4.78 is 31.3. The summed E-state index contributed by atoms with van der Waals surface area (Å²) in [7, 11) is 1.61. The lowest BCUT2D eigenvalue weighted by Crippen LogP contribution is -2.25. The zero-order chi connectivity index (χ0) is 18.5. The molecule has 0 saturated carbocycles. The molecule has 1 aromatic heterocycles. The number of carbonyl (C=O) groups is 1. The molecule has 0 aliphatic heterocycles. The number of carbonyl (C=O) groups excluding carboxylic acids is 1. The van der Waals surface area contributed by atoms with Crippen LogP contribution >= 0.6 is 11.3 Å². The third kappa shape index (κ3) is 4.23. The summed E-state index contributed by atoms with van der Waals surface area (Å²) >= 11 is 1.51. The summed E-state index contributed by atoms with van der Waals surface area (Å²) in [5, 5.41) is 5.47. The van der Waals surface area contributed by atoms with Crippen LogP contribution in [0.4, 0.5) is 8.78 Å². The first-order valence-electron chi connectivity index (χ1n) is 7.89. The molecule has 1 N–H and O–H groups in total.